The number of hydrogen-bond donors (Lipinski definition) is 0. The number of rotatable bonds is 8. The first-order valence-electron chi connectivity index (χ1n) is 11.4. The molecule has 1 fully saturated rings. The van der Waals surface area contributed by atoms with E-state index in [1.54, 1.807) is 13.4 Å². The highest BCUT2D eigenvalue weighted by Gasteiger charge is 2.23. The molecule has 0 atom stereocenters. The van der Waals surface area contributed by atoms with Crippen molar-refractivity contribution in [1.82, 2.24) is 14.9 Å². The fourth-order valence-electron chi connectivity index (χ4n) is 3.79. The molecule has 2 aromatic carbocycles. The first-order valence-corrected chi connectivity index (χ1v) is 11.4. The van der Waals surface area contributed by atoms with Crippen LogP contribution in [0.3, 0.4) is 0 Å². The lowest BCUT2D eigenvalue weighted by Crippen LogP contribution is -2.49. The quantitative estimate of drug-likeness (QED) is 0.481. The number of unbranched alkanes of at least 4 members (excludes halogenated alkanes) is 1. The average molecular weight is 447 g/mol. The van der Waals surface area contributed by atoms with Gasteiger partial charge in [-0.15, -0.1) is 0 Å². The van der Waals surface area contributed by atoms with Gasteiger partial charge in [-0.25, -0.2) is 9.97 Å². The molecule has 0 radical (unpaired) electrons. The molecule has 1 saturated heterocycles. The van der Waals surface area contributed by atoms with E-state index >= 15 is 0 Å². The Balaban J connectivity index is 1.35. The van der Waals surface area contributed by atoms with Gasteiger partial charge >= 0.3 is 0 Å². The normalized spacial score (nSPS) is 13.6. The minimum atomic E-state index is 0.0522. The molecule has 4 rings (SSSR count). The van der Waals surface area contributed by atoms with Gasteiger partial charge < -0.3 is 19.3 Å². The van der Waals surface area contributed by atoms with Crippen LogP contribution in [-0.2, 0) is 0 Å². The predicted octanol–water partition coefficient (Wildman–Crippen LogP) is 4.29. The number of piperazine rings is 1. The number of carbonyl (C=O) groups is 1. The zero-order valence-electron chi connectivity index (χ0n) is 19.2. The minimum absolute atomic E-state index is 0.0522. The van der Waals surface area contributed by atoms with E-state index in [9.17, 15) is 4.79 Å². The van der Waals surface area contributed by atoms with E-state index in [2.05, 4.69) is 21.8 Å². The number of aromatic nitrogens is 2. The topological polar surface area (TPSA) is 67.8 Å². The molecule has 1 amide bonds. The Bertz CT molecular complexity index is 1050. The molecule has 1 aliphatic rings. The number of anilines is 1. The van der Waals surface area contributed by atoms with Crippen LogP contribution in [0.4, 0.5) is 5.82 Å². The van der Waals surface area contributed by atoms with Crippen LogP contribution in [0, 0.1) is 0 Å². The zero-order valence-corrected chi connectivity index (χ0v) is 19.2. The number of benzene rings is 2. The Morgan fingerprint density at radius 2 is 1.64 bits per heavy atom. The van der Waals surface area contributed by atoms with Crippen molar-refractivity contribution in [2.24, 2.45) is 0 Å². The Morgan fingerprint density at radius 3 is 2.30 bits per heavy atom. The molecule has 172 valence electrons. The lowest BCUT2D eigenvalue weighted by Gasteiger charge is -2.35. The maximum atomic E-state index is 12.9. The Hall–Kier alpha value is -3.61. The molecular formula is C26H30N4O3. The average Bonchev–Trinajstić information content (AvgIpc) is 2.89. The molecule has 0 unspecified atom stereocenters. The number of methoxy groups -OCH3 is 1. The second-order valence-corrected chi connectivity index (χ2v) is 8.00. The number of hydrogen-bond acceptors (Lipinski definition) is 6. The summed E-state index contributed by atoms with van der Waals surface area (Å²) in [6.07, 6.45) is 3.72. The Morgan fingerprint density at radius 1 is 0.939 bits per heavy atom. The van der Waals surface area contributed by atoms with Gasteiger partial charge in [-0.05, 0) is 55.0 Å². The first kappa shape index (κ1) is 22.6. The van der Waals surface area contributed by atoms with Gasteiger partial charge in [0.15, 0.2) is 0 Å². The van der Waals surface area contributed by atoms with Crippen LogP contribution in [0.5, 0.6) is 11.5 Å². The molecule has 1 aliphatic heterocycles. The third kappa shape index (κ3) is 5.61. The summed E-state index contributed by atoms with van der Waals surface area (Å²) < 4.78 is 10.9. The fourth-order valence-corrected chi connectivity index (χ4v) is 3.79. The summed E-state index contributed by atoms with van der Waals surface area (Å²) in [6, 6.07) is 17.3. The van der Waals surface area contributed by atoms with Crippen LogP contribution in [0.1, 0.15) is 30.1 Å². The lowest BCUT2D eigenvalue weighted by molar-refractivity contribution is 0.0746. The van der Waals surface area contributed by atoms with Gasteiger partial charge in [-0.3, -0.25) is 4.79 Å². The molecule has 2 heterocycles. The van der Waals surface area contributed by atoms with E-state index in [0.29, 0.717) is 25.3 Å². The minimum Gasteiger partial charge on any atom is -0.497 e. The van der Waals surface area contributed by atoms with Gasteiger partial charge in [0, 0.05) is 43.4 Å². The van der Waals surface area contributed by atoms with Gasteiger partial charge in [0.05, 0.1) is 19.4 Å². The maximum absolute atomic E-state index is 12.9. The van der Waals surface area contributed by atoms with Gasteiger partial charge in [0.2, 0.25) is 0 Å². The highest BCUT2D eigenvalue weighted by molar-refractivity contribution is 5.94. The molecule has 3 aromatic rings. The van der Waals surface area contributed by atoms with Crippen LogP contribution in [0.2, 0.25) is 0 Å². The molecule has 0 aliphatic carbocycles. The van der Waals surface area contributed by atoms with Gasteiger partial charge in [-0.1, -0.05) is 13.3 Å². The molecule has 0 saturated carbocycles. The third-order valence-electron chi connectivity index (χ3n) is 5.80. The molecule has 7 heteroatoms. The number of ether oxygens (including phenoxy) is 2. The number of amides is 1. The van der Waals surface area contributed by atoms with E-state index < -0.39 is 0 Å². The van der Waals surface area contributed by atoms with Crippen LogP contribution < -0.4 is 14.4 Å². The van der Waals surface area contributed by atoms with Gasteiger partial charge in [0.25, 0.3) is 5.91 Å². The first-order chi connectivity index (χ1) is 16.2. The predicted molar refractivity (Wildman–Crippen MR) is 129 cm³/mol. The van der Waals surface area contributed by atoms with Crippen molar-refractivity contribution < 1.29 is 14.3 Å². The molecule has 7 nitrogen and oxygen atoms in total. The zero-order chi connectivity index (χ0) is 23.0. The molecule has 0 spiro atoms. The van der Waals surface area contributed by atoms with Crippen LogP contribution in [0.25, 0.3) is 11.3 Å². The van der Waals surface area contributed by atoms with Crippen molar-refractivity contribution >= 4 is 11.7 Å². The summed E-state index contributed by atoms with van der Waals surface area (Å²) in [6.45, 7) is 5.58. The smallest absolute Gasteiger partial charge is 0.253 e. The monoisotopic (exact) mass is 446 g/mol. The number of nitrogens with zero attached hydrogens (tertiary/aromatic N) is 4. The van der Waals surface area contributed by atoms with Crippen molar-refractivity contribution in [3.63, 3.8) is 0 Å². The summed E-state index contributed by atoms with van der Waals surface area (Å²) >= 11 is 0. The standard InChI is InChI=1S/C26H30N4O3/c1-3-4-17-33-23-11-7-21(8-12-23)26(31)30-15-13-29(14-16-30)25-18-24(27-19-28-25)20-5-9-22(32-2)10-6-20/h5-12,18-19H,3-4,13-17H2,1-2H3. The highest BCUT2D eigenvalue weighted by atomic mass is 16.5. The van der Waals surface area contributed by atoms with Crippen molar-refractivity contribution in [2.75, 3.05) is 44.8 Å². The van der Waals surface area contributed by atoms with Crippen LogP contribution in [0.15, 0.2) is 60.9 Å². The van der Waals surface area contributed by atoms with Gasteiger partial charge in [-0.2, -0.15) is 0 Å². The largest absolute Gasteiger partial charge is 0.497 e. The van der Waals surface area contributed by atoms with Crippen molar-refractivity contribution in [2.45, 2.75) is 19.8 Å². The van der Waals surface area contributed by atoms with Crippen LogP contribution >= 0.6 is 0 Å². The summed E-state index contributed by atoms with van der Waals surface area (Å²) in [7, 11) is 1.65. The molecular weight excluding hydrogens is 416 g/mol. The number of carbonyl (C=O) groups excluding carboxylic acids is 1. The van der Waals surface area contributed by atoms with E-state index in [-0.39, 0.29) is 5.91 Å². The van der Waals surface area contributed by atoms with Crippen molar-refractivity contribution in [3.05, 3.63) is 66.5 Å². The van der Waals surface area contributed by atoms with Gasteiger partial charge in [0.1, 0.15) is 23.6 Å². The maximum Gasteiger partial charge on any atom is 0.253 e. The van der Waals surface area contributed by atoms with Crippen molar-refractivity contribution in [3.8, 4) is 22.8 Å². The SMILES string of the molecule is CCCCOc1ccc(C(=O)N2CCN(c3cc(-c4ccc(OC)cc4)ncn3)CC2)cc1. The Labute approximate surface area is 195 Å². The Kier molecular flexibility index (Phi) is 7.40. The third-order valence-corrected chi connectivity index (χ3v) is 5.80. The summed E-state index contributed by atoms with van der Waals surface area (Å²) in [5, 5.41) is 0. The summed E-state index contributed by atoms with van der Waals surface area (Å²) in [5.41, 5.74) is 2.56. The molecule has 33 heavy (non-hydrogen) atoms. The second kappa shape index (κ2) is 10.8. The van der Waals surface area contributed by atoms with E-state index in [0.717, 1.165) is 54.5 Å². The summed E-state index contributed by atoms with van der Waals surface area (Å²) in [5.74, 6) is 2.54. The lowest BCUT2D eigenvalue weighted by atomic mass is 10.1. The van der Waals surface area contributed by atoms with E-state index in [4.69, 9.17) is 9.47 Å². The highest BCUT2D eigenvalue weighted by Crippen LogP contribution is 2.24. The second-order valence-electron chi connectivity index (χ2n) is 8.00. The molecule has 0 bridgehead atoms. The van der Waals surface area contributed by atoms with E-state index in [1.807, 2.05) is 59.5 Å². The summed E-state index contributed by atoms with van der Waals surface area (Å²) in [4.78, 5) is 25.9. The van der Waals surface area contributed by atoms with Crippen LogP contribution in [-0.4, -0.2) is 60.7 Å². The fraction of sp³-hybridized carbons (Fsp3) is 0.346. The molecule has 1 aromatic heterocycles. The van der Waals surface area contributed by atoms with E-state index in [1.165, 1.54) is 0 Å². The molecule has 0 N–H and O–H groups in total. The van der Waals surface area contributed by atoms with Crippen molar-refractivity contribution in [1.29, 1.82) is 0 Å².